The quantitative estimate of drug-likeness (QED) is 0.507. The Bertz CT molecular complexity index is 487. The summed E-state index contributed by atoms with van der Waals surface area (Å²) in [5.41, 5.74) is 0.597. The summed E-state index contributed by atoms with van der Waals surface area (Å²) in [6.45, 7) is 3.44. The molecule has 0 aromatic heterocycles. The maximum Gasteiger partial charge on any atom is 0.311 e. The molecule has 0 amide bonds. The first-order valence-electron chi connectivity index (χ1n) is 4.61. The molecule has 0 saturated carbocycles. The lowest BCUT2D eigenvalue weighted by Crippen LogP contribution is -1.97. The molecular formula is C9H8N3O2P3. The SMILES string of the molecule is C=CC(=O)c1ccc(OP2N=PN=PN2)cc1. The molecule has 0 saturated heterocycles. The predicted molar refractivity (Wildman–Crippen MR) is 70.3 cm³/mol. The van der Waals surface area contributed by atoms with Gasteiger partial charge in [-0.1, -0.05) is 6.58 Å². The highest BCUT2D eigenvalue weighted by atomic mass is 31.2. The molecular weight excluding hydrogens is 275 g/mol. The smallest absolute Gasteiger partial charge is 0.311 e. The van der Waals surface area contributed by atoms with Crippen LogP contribution in [0.25, 0.3) is 0 Å². The van der Waals surface area contributed by atoms with E-state index in [1.54, 1.807) is 24.3 Å². The lowest BCUT2D eigenvalue weighted by atomic mass is 10.1. The molecule has 0 radical (unpaired) electrons. The van der Waals surface area contributed by atoms with Crippen LogP contribution in [0.1, 0.15) is 10.4 Å². The second-order valence-electron chi connectivity index (χ2n) is 2.93. The molecule has 1 N–H and O–H groups in total. The summed E-state index contributed by atoms with van der Waals surface area (Å²) in [6.07, 6.45) is 1.29. The van der Waals surface area contributed by atoms with E-state index in [9.17, 15) is 4.79 Å². The molecule has 1 atom stereocenters. The molecule has 8 heteroatoms. The molecule has 1 aromatic carbocycles. The van der Waals surface area contributed by atoms with Crippen molar-refractivity contribution in [2.45, 2.75) is 0 Å². The number of carbonyl (C=O) groups excluding carboxylic acids is 1. The average molecular weight is 283 g/mol. The Labute approximate surface area is 103 Å². The summed E-state index contributed by atoms with van der Waals surface area (Å²) in [7, 11) is 0.453. The minimum Gasteiger partial charge on any atom is -0.439 e. The van der Waals surface area contributed by atoms with Crippen LogP contribution in [0.2, 0.25) is 0 Å². The molecule has 17 heavy (non-hydrogen) atoms. The van der Waals surface area contributed by atoms with Crippen molar-refractivity contribution in [1.29, 1.82) is 0 Å². The van der Waals surface area contributed by atoms with Gasteiger partial charge in [0, 0.05) is 5.56 Å². The van der Waals surface area contributed by atoms with Crippen LogP contribution in [0.4, 0.5) is 0 Å². The third kappa shape index (κ3) is 3.49. The van der Waals surface area contributed by atoms with E-state index in [0.29, 0.717) is 19.8 Å². The zero-order valence-electron chi connectivity index (χ0n) is 8.65. The van der Waals surface area contributed by atoms with Crippen LogP contribution in [0.15, 0.2) is 46.0 Å². The van der Waals surface area contributed by atoms with E-state index in [1.165, 1.54) is 6.08 Å². The van der Waals surface area contributed by atoms with E-state index in [4.69, 9.17) is 4.52 Å². The zero-order valence-corrected chi connectivity index (χ0v) is 11.3. The molecule has 86 valence electrons. The monoisotopic (exact) mass is 283 g/mol. The highest BCUT2D eigenvalue weighted by molar-refractivity contribution is 7.64. The number of allylic oxidation sites excluding steroid dienone is 1. The first-order valence-corrected chi connectivity index (χ1v) is 7.47. The van der Waals surface area contributed by atoms with E-state index in [-0.39, 0.29) is 5.78 Å². The molecule has 0 aliphatic carbocycles. The number of carbonyl (C=O) groups is 1. The van der Waals surface area contributed by atoms with Crippen molar-refractivity contribution in [2.75, 3.05) is 0 Å². The fourth-order valence-electron chi connectivity index (χ4n) is 1.09. The molecule has 0 spiro atoms. The molecule has 1 aliphatic rings. The van der Waals surface area contributed by atoms with Crippen molar-refractivity contribution in [3.63, 3.8) is 0 Å². The normalized spacial score (nSPS) is 19.6. The fraction of sp³-hybridized carbons (Fsp3) is 0. The maximum atomic E-state index is 11.3. The van der Waals surface area contributed by atoms with Gasteiger partial charge in [0.1, 0.15) is 14.3 Å². The van der Waals surface area contributed by atoms with Crippen LogP contribution < -0.4 is 9.38 Å². The molecule has 0 fully saturated rings. The van der Waals surface area contributed by atoms with Gasteiger partial charge in [0.2, 0.25) is 0 Å². The third-order valence-corrected chi connectivity index (χ3v) is 4.93. The molecule has 5 nitrogen and oxygen atoms in total. The van der Waals surface area contributed by atoms with E-state index in [1.807, 2.05) is 0 Å². The average Bonchev–Trinajstić information content (AvgIpc) is 2.40. The van der Waals surface area contributed by atoms with Crippen LogP contribution in [-0.4, -0.2) is 5.78 Å². The topological polar surface area (TPSA) is 63.0 Å². The Morgan fingerprint density at radius 3 is 2.82 bits per heavy atom. The molecule has 1 heterocycles. The highest BCUT2D eigenvalue weighted by Crippen LogP contribution is 2.44. The lowest BCUT2D eigenvalue weighted by molar-refractivity contribution is 0.104. The van der Waals surface area contributed by atoms with E-state index >= 15 is 0 Å². The van der Waals surface area contributed by atoms with Crippen molar-refractivity contribution in [3.8, 4) is 5.75 Å². The van der Waals surface area contributed by atoms with Gasteiger partial charge in [0.05, 0.1) is 0 Å². The number of rotatable bonds is 4. The summed E-state index contributed by atoms with van der Waals surface area (Å²) < 4.78 is 13.7. The zero-order chi connectivity index (χ0) is 12.1. The Kier molecular flexibility index (Phi) is 4.47. The highest BCUT2D eigenvalue weighted by Gasteiger charge is 2.11. The second-order valence-corrected chi connectivity index (χ2v) is 6.26. The first-order chi connectivity index (χ1) is 8.29. The number of hydrogen-bond acceptors (Lipinski definition) is 5. The van der Waals surface area contributed by atoms with Gasteiger partial charge in [0.25, 0.3) is 0 Å². The number of ketones is 1. The van der Waals surface area contributed by atoms with Crippen LogP contribution in [0, 0.1) is 0 Å². The number of benzene rings is 1. The largest absolute Gasteiger partial charge is 0.439 e. The summed E-state index contributed by atoms with van der Waals surface area (Å²) in [6, 6.07) is 6.91. The molecule has 2 rings (SSSR count). The summed E-state index contributed by atoms with van der Waals surface area (Å²) in [5, 5.41) is 0. The van der Waals surface area contributed by atoms with Crippen LogP contribution in [0.3, 0.4) is 0 Å². The summed E-state index contributed by atoms with van der Waals surface area (Å²) in [4.78, 5) is 14.3. The van der Waals surface area contributed by atoms with Crippen molar-refractivity contribution >= 4 is 31.3 Å². The minimum atomic E-state index is -1.03. The Morgan fingerprint density at radius 1 is 1.47 bits per heavy atom. The molecule has 1 aromatic rings. The molecule has 0 bridgehead atoms. The second kappa shape index (κ2) is 6.09. The maximum absolute atomic E-state index is 11.3. The number of nitrogens with zero attached hydrogens (tertiary/aromatic N) is 2. The third-order valence-electron chi connectivity index (χ3n) is 1.85. The van der Waals surface area contributed by atoms with Gasteiger partial charge in [-0.15, -0.1) is 0 Å². The fourth-order valence-corrected chi connectivity index (χ4v) is 3.98. The predicted octanol–water partition coefficient (Wildman–Crippen LogP) is 4.35. The lowest BCUT2D eigenvalue weighted by Gasteiger charge is -2.12. The van der Waals surface area contributed by atoms with Crippen molar-refractivity contribution in [1.82, 2.24) is 4.86 Å². The Morgan fingerprint density at radius 2 is 2.24 bits per heavy atom. The van der Waals surface area contributed by atoms with Gasteiger partial charge < -0.3 is 4.52 Å². The minimum absolute atomic E-state index is 0.0985. The summed E-state index contributed by atoms with van der Waals surface area (Å²) >= 11 is 0. The van der Waals surface area contributed by atoms with E-state index in [0.717, 1.165) is 8.52 Å². The van der Waals surface area contributed by atoms with Gasteiger partial charge >= 0.3 is 8.45 Å². The van der Waals surface area contributed by atoms with E-state index < -0.39 is 8.45 Å². The van der Waals surface area contributed by atoms with Gasteiger partial charge in [-0.05, 0) is 30.3 Å². The Hall–Kier alpha value is -0.980. The van der Waals surface area contributed by atoms with E-state index in [2.05, 4.69) is 20.5 Å². The van der Waals surface area contributed by atoms with Crippen molar-refractivity contribution in [2.24, 2.45) is 9.03 Å². The first kappa shape index (κ1) is 12.5. The van der Waals surface area contributed by atoms with Crippen molar-refractivity contribution < 1.29 is 9.32 Å². The number of hydrogen-bond donors (Lipinski definition) is 1. The van der Waals surface area contributed by atoms with Crippen LogP contribution >= 0.6 is 25.5 Å². The van der Waals surface area contributed by atoms with Crippen LogP contribution in [-0.2, 0) is 0 Å². The number of nitrogens with one attached hydrogen (secondary N) is 1. The van der Waals surface area contributed by atoms with Gasteiger partial charge in [0.15, 0.2) is 14.3 Å². The van der Waals surface area contributed by atoms with Gasteiger partial charge in [-0.25, -0.2) is 0 Å². The van der Waals surface area contributed by atoms with Crippen molar-refractivity contribution in [3.05, 3.63) is 42.5 Å². The summed E-state index contributed by atoms with van der Waals surface area (Å²) in [5.74, 6) is 0.582. The van der Waals surface area contributed by atoms with Gasteiger partial charge in [-0.3, -0.25) is 4.79 Å². The Balaban J connectivity index is 2.03. The molecule has 1 unspecified atom stereocenters. The standard InChI is InChI=1S/C9H8N3O2P3/c1-2-9(13)7-3-5-8(6-4-7)14-17-11-15-10-16-12-17/h2-6H,1H2,(H,10,11,12). The molecule has 1 aliphatic heterocycles. The van der Waals surface area contributed by atoms with Crippen LogP contribution in [0.5, 0.6) is 5.75 Å². The van der Waals surface area contributed by atoms with Gasteiger partial charge in [-0.2, -0.15) is 13.9 Å².